The van der Waals surface area contributed by atoms with Crippen LogP contribution in [-0.4, -0.2) is 21.8 Å². The lowest BCUT2D eigenvalue weighted by Gasteiger charge is -2.10. The van der Waals surface area contributed by atoms with Crippen molar-refractivity contribution in [2.75, 3.05) is 6.54 Å². The monoisotopic (exact) mass is 259 g/mol. The second-order valence-electron chi connectivity index (χ2n) is 5.00. The molecule has 0 saturated heterocycles. The average Bonchev–Trinajstić information content (AvgIpc) is 3.10. The summed E-state index contributed by atoms with van der Waals surface area (Å²) in [5.74, 6) is 0.937. The van der Waals surface area contributed by atoms with Crippen LogP contribution in [0.5, 0.6) is 0 Å². The maximum Gasteiger partial charge on any atom is 0.255 e. The predicted molar refractivity (Wildman–Crippen MR) is 69.4 cm³/mol. The van der Waals surface area contributed by atoms with Crippen LogP contribution in [0, 0.1) is 0 Å². The highest BCUT2D eigenvalue weighted by Gasteiger charge is 2.50. The second-order valence-corrected chi connectivity index (χ2v) is 5.00. The molecule has 0 amide bonds. The van der Waals surface area contributed by atoms with Gasteiger partial charge in [-0.05, 0) is 31.4 Å². The molecule has 5 heteroatoms. The van der Waals surface area contributed by atoms with E-state index in [1.807, 2.05) is 18.2 Å². The Balaban J connectivity index is 1.87. The maximum atomic E-state index is 9.81. The molecular weight excluding hydrogens is 242 g/mol. The summed E-state index contributed by atoms with van der Waals surface area (Å²) in [4.78, 5) is 4.36. The Morgan fingerprint density at radius 2 is 2.05 bits per heavy atom. The fraction of sp³-hybridized carbons (Fsp3) is 0.429. The number of benzene rings is 1. The number of hydrogen-bond donors (Lipinski definition) is 2. The molecule has 0 radical (unpaired) electrons. The predicted octanol–water partition coefficient (Wildman–Crippen LogP) is 1.53. The fourth-order valence-electron chi connectivity index (χ4n) is 2.37. The van der Waals surface area contributed by atoms with Crippen LogP contribution in [0.25, 0.3) is 0 Å². The van der Waals surface area contributed by atoms with E-state index >= 15 is 0 Å². The largest absolute Gasteiger partial charge is 0.383 e. The lowest BCUT2D eigenvalue weighted by Crippen LogP contribution is -2.11. The summed E-state index contributed by atoms with van der Waals surface area (Å²) in [6.07, 6.45) is 1.70. The van der Waals surface area contributed by atoms with Crippen LogP contribution >= 0.6 is 0 Å². The molecular formula is C14H17N3O2. The summed E-state index contributed by atoms with van der Waals surface area (Å²) in [6.45, 7) is 0.392. The van der Waals surface area contributed by atoms with Gasteiger partial charge in [0.1, 0.15) is 6.10 Å². The maximum absolute atomic E-state index is 9.81. The third-order valence-corrected chi connectivity index (χ3v) is 3.67. The average molecular weight is 259 g/mol. The van der Waals surface area contributed by atoms with E-state index in [9.17, 15) is 5.11 Å². The minimum Gasteiger partial charge on any atom is -0.383 e. The van der Waals surface area contributed by atoms with E-state index in [0.29, 0.717) is 18.8 Å². The zero-order valence-corrected chi connectivity index (χ0v) is 10.6. The van der Waals surface area contributed by atoms with E-state index < -0.39 is 6.10 Å². The summed E-state index contributed by atoms with van der Waals surface area (Å²) in [5.41, 5.74) is 6.50. The number of nitrogens with two attached hydrogens (primary N) is 1. The number of aliphatic hydroxyl groups is 1. The van der Waals surface area contributed by atoms with Gasteiger partial charge < -0.3 is 15.4 Å². The molecule has 1 heterocycles. The molecule has 1 aliphatic rings. The summed E-state index contributed by atoms with van der Waals surface area (Å²) < 4.78 is 5.16. The molecule has 3 N–H and O–H groups in total. The van der Waals surface area contributed by atoms with E-state index in [1.54, 1.807) is 0 Å². The van der Waals surface area contributed by atoms with Crippen molar-refractivity contribution in [2.45, 2.75) is 30.8 Å². The third-order valence-electron chi connectivity index (χ3n) is 3.67. The molecule has 1 saturated carbocycles. The van der Waals surface area contributed by atoms with Crippen LogP contribution in [0.4, 0.5) is 0 Å². The molecule has 0 bridgehead atoms. The Morgan fingerprint density at radius 1 is 1.32 bits per heavy atom. The minimum atomic E-state index is -0.766. The molecule has 100 valence electrons. The summed E-state index contributed by atoms with van der Waals surface area (Å²) in [5, 5.41) is 13.9. The van der Waals surface area contributed by atoms with Gasteiger partial charge in [-0.25, -0.2) is 0 Å². The van der Waals surface area contributed by atoms with E-state index in [-0.39, 0.29) is 11.3 Å². The van der Waals surface area contributed by atoms with Crippen LogP contribution in [0.15, 0.2) is 34.9 Å². The second kappa shape index (κ2) is 4.75. The van der Waals surface area contributed by atoms with Crippen molar-refractivity contribution in [1.29, 1.82) is 0 Å². The van der Waals surface area contributed by atoms with E-state index in [4.69, 9.17) is 10.3 Å². The van der Waals surface area contributed by atoms with Crippen LogP contribution in [0.1, 0.15) is 42.6 Å². The molecule has 1 aromatic carbocycles. The van der Waals surface area contributed by atoms with Crippen LogP contribution in [0.2, 0.25) is 0 Å². The van der Waals surface area contributed by atoms with Crippen molar-refractivity contribution >= 4 is 0 Å². The first-order valence-corrected chi connectivity index (χ1v) is 6.54. The molecule has 1 atom stereocenters. The normalized spacial score (nSPS) is 18.2. The molecule has 0 aliphatic heterocycles. The first-order chi connectivity index (χ1) is 9.26. The highest BCUT2D eigenvalue weighted by atomic mass is 16.5. The van der Waals surface area contributed by atoms with Crippen LogP contribution in [-0.2, 0) is 5.41 Å². The van der Waals surface area contributed by atoms with Crippen molar-refractivity contribution < 1.29 is 9.63 Å². The Morgan fingerprint density at radius 3 is 2.68 bits per heavy atom. The van der Waals surface area contributed by atoms with Gasteiger partial charge >= 0.3 is 0 Å². The topological polar surface area (TPSA) is 85.2 Å². The summed E-state index contributed by atoms with van der Waals surface area (Å²) >= 11 is 0. The number of hydrogen-bond acceptors (Lipinski definition) is 5. The van der Waals surface area contributed by atoms with Crippen molar-refractivity contribution in [3.8, 4) is 0 Å². The van der Waals surface area contributed by atoms with Gasteiger partial charge in [-0.15, -0.1) is 0 Å². The highest BCUT2D eigenvalue weighted by molar-refractivity contribution is 5.38. The standard InChI is InChI=1S/C14H17N3O2/c15-9-6-11(18)12-16-13(17-19-12)14(7-8-14)10-4-2-1-3-5-10/h1-5,11,18H,6-9,15H2/t11-/m0/s1. The van der Waals surface area contributed by atoms with Gasteiger partial charge in [-0.2, -0.15) is 4.98 Å². The Labute approximate surface area is 111 Å². The van der Waals surface area contributed by atoms with Gasteiger partial charge in [0.05, 0.1) is 5.41 Å². The first kappa shape index (κ1) is 12.3. The van der Waals surface area contributed by atoms with Crippen LogP contribution in [0.3, 0.4) is 0 Å². The Bertz CT molecular complexity index is 549. The number of rotatable bonds is 5. The lowest BCUT2D eigenvalue weighted by molar-refractivity contribution is 0.127. The third kappa shape index (κ3) is 2.15. The summed E-state index contributed by atoms with van der Waals surface area (Å²) in [6, 6.07) is 10.2. The summed E-state index contributed by atoms with van der Waals surface area (Å²) in [7, 11) is 0. The molecule has 1 aromatic heterocycles. The van der Waals surface area contributed by atoms with E-state index in [2.05, 4.69) is 22.3 Å². The van der Waals surface area contributed by atoms with Gasteiger partial charge in [-0.1, -0.05) is 35.5 Å². The molecule has 0 unspecified atom stereocenters. The molecule has 0 spiro atoms. The quantitative estimate of drug-likeness (QED) is 0.850. The smallest absolute Gasteiger partial charge is 0.255 e. The zero-order chi connectivity index (χ0) is 13.3. The fourth-order valence-corrected chi connectivity index (χ4v) is 2.37. The SMILES string of the molecule is NCC[C@H](O)c1nc(C2(c3ccccc3)CC2)no1. The molecule has 19 heavy (non-hydrogen) atoms. The Kier molecular flexibility index (Phi) is 3.08. The van der Waals surface area contributed by atoms with Crippen molar-refractivity contribution in [2.24, 2.45) is 5.73 Å². The zero-order valence-electron chi connectivity index (χ0n) is 10.6. The number of aromatic nitrogens is 2. The van der Waals surface area contributed by atoms with Gasteiger partial charge in [0.15, 0.2) is 5.82 Å². The molecule has 1 aliphatic carbocycles. The minimum absolute atomic E-state index is 0.120. The van der Waals surface area contributed by atoms with Crippen molar-refractivity contribution in [3.05, 3.63) is 47.6 Å². The van der Waals surface area contributed by atoms with E-state index in [0.717, 1.165) is 12.8 Å². The molecule has 3 rings (SSSR count). The number of nitrogens with zero attached hydrogens (tertiary/aromatic N) is 2. The van der Waals surface area contributed by atoms with Crippen molar-refractivity contribution in [3.63, 3.8) is 0 Å². The van der Waals surface area contributed by atoms with Gasteiger partial charge in [-0.3, -0.25) is 0 Å². The Hall–Kier alpha value is -1.72. The molecule has 1 fully saturated rings. The van der Waals surface area contributed by atoms with Crippen LogP contribution < -0.4 is 5.73 Å². The first-order valence-electron chi connectivity index (χ1n) is 6.54. The van der Waals surface area contributed by atoms with Gasteiger partial charge in [0, 0.05) is 0 Å². The van der Waals surface area contributed by atoms with Gasteiger partial charge in [0.2, 0.25) is 0 Å². The van der Waals surface area contributed by atoms with Crippen molar-refractivity contribution in [1.82, 2.24) is 10.1 Å². The lowest BCUT2D eigenvalue weighted by atomic mass is 9.95. The number of aliphatic hydroxyl groups excluding tert-OH is 1. The molecule has 2 aromatic rings. The highest BCUT2D eigenvalue weighted by Crippen LogP contribution is 2.52. The molecule has 5 nitrogen and oxygen atoms in total. The van der Waals surface area contributed by atoms with E-state index in [1.165, 1.54) is 5.56 Å². The van der Waals surface area contributed by atoms with Gasteiger partial charge in [0.25, 0.3) is 5.89 Å².